The number of carbonyl (C=O) groups excluding carboxylic acids is 2. The number of rotatable bonds is 11. The molecule has 0 bridgehead atoms. The maximum atomic E-state index is 13.3. The summed E-state index contributed by atoms with van der Waals surface area (Å²) in [6, 6.07) is 14.7. The molecule has 0 radical (unpaired) electrons. The van der Waals surface area contributed by atoms with Gasteiger partial charge >= 0.3 is 0 Å². The summed E-state index contributed by atoms with van der Waals surface area (Å²) in [4.78, 5) is 27.7. The first-order chi connectivity index (χ1) is 14.1. The van der Waals surface area contributed by atoms with Crippen molar-refractivity contribution in [3.05, 3.63) is 71.5 Å². The van der Waals surface area contributed by atoms with Crippen LogP contribution in [-0.2, 0) is 16.1 Å². The Labute approximate surface area is 173 Å². The molecule has 0 fully saturated rings. The molecule has 1 atom stereocenters. The second-order valence-corrected chi connectivity index (χ2v) is 7.21. The second kappa shape index (κ2) is 12.0. The quantitative estimate of drug-likeness (QED) is 0.542. The van der Waals surface area contributed by atoms with Crippen LogP contribution < -0.4 is 5.32 Å². The number of unbranched alkanes of at least 4 members (excludes halogenated alkanes) is 2. The molecule has 2 aromatic rings. The van der Waals surface area contributed by atoms with Gasteiger partial charge in [-0.1, -0.05) is 69.2 Å². The molecule has 0 heterocycles. The van der Waals surface area contributed by atoms with E-state index in [-0.39, 0.29) is 24.2 Å². The lowest BCUT2D eigenvalue weighted by Gasteiger charge is -2.31. The zero-order chi connectivity index (χ0) is 21.1. The molecule has 2 aromatic carbocycles. The van der Waals surface area contributed by atoms with E-state index in [9.17, 15) is 14.0 Å². The molecule has 1 unspecified atom stereocenters. The van der Waals surface area contributed by atoms with Gasteiger partial charge in [-0.2, -0.15) is 0 Å². The first-order valence-electron chi connectivity index (χ1n) is 10.4. The highest BCUT2D eigenvalue weighted by molar-refractivity contribution is 5.88. The largest absolute Gasteiger partial charge is 0.354 e. The lowest BCUT2D eigenvalue weighted by atomic mass is 10.0. The highest BCUT2D eigenvalue weighted by Gasteiger charge is 2.30. The Bertz CT molecular complexity index is 762. The van der Waals surface area contributed by atoms with E-state index < -0.39 is 6.04 Å². The van der Waals surface area contributed by atoms with Gasteiger partial charge in [-0.25, -0.2) is 4.39 Å². The zero-order valence-corrected chi connectivity index (χ0v) is 17.4. The molecule has 5 heteroatoms. The van der Waals surface area contributed by atoms with Crippen LogP contribution in [0.1, 0.15) is 63.1 Å². The topological polar surface area (TPSA) is 49.4 Å². The highest BCUT2D eigenvalue weighted by Crippen LogP contribution is 2.25. The number of hydrogen-bond acceptors (Lipinski definition) is 2. The van der Waals surface area contributed by atoms with Crippen LogP contribution in [0, 0.1) is 5.82 Å². The van der Waals surface area contributed by atoms with Crippen molar-refractivity contribution in [3.8, 4) is 0 Å². The summed E-state index contributed by atoms with van der Waals surface area (Å²) >= 11 is 0. The van der Waals surface area contributed by atoms with Crippen LogP contribution in [0.15, 0.2) is 54.6 Å². The molecule has 156 valence electrons. The number of nitrogens with one attached hydrogen (secondary N) is 1. The fourth-order valence-corrected chi connectivity index (χ4v) is 3.26. The maximum absolute atomic E-state index is 13.3. The Morgan fingerprint density at radius 3 is 2.28 bits per heavy atom. The van der Waals surface area contributed by atoms with Gasteiger partial charge in [-0.15, -0.1) is 0 Å². The maximum Gasteiger partial charge on any atom is 0.247 e. The van der Waals surface area contributed by atoms with E-state index in [2.05, 4.69) is 12.2 Å². The molecule has 4 nitrogen and oxygen atoms in total. The summed E-state index contributed by atoms with van der Waals surface area (Å²) in [6.07, 6.45) is 4.07. The fourth-order valence-electron chi connectivity index (χ4n) is 3.26. The molecular formula is C24H31FN2O2. The van der Waals surface area contributed by atoms with Gasteiger partial charge < -0.3 is 10.2 Å². The molecule has 0 aliphatic rings. The van der Waals surface area contributed by atoms with E-state index in [1.807, 2.05) is 37.3 Å². The van der Waals surface area contributed by atoms with Gasteiger partial charge in [0.25, 0.3) is 0 Å². The van der Waals surface area contributed by atoms with Gasteiger partial charge in [0.05, 0.1) is 0 Å². The van der Waals surface area contributed by atoms with Crippen molar-refractivity contribution >= 4 is 11.8 Å². The van der Waals surface area contributed by atoms with Gasteiger partial charge in [-0.05, 0) is 36.1 Å². The molecule has 2 rings (SSSR count). The first-order valence-corrected chi connectivity index (χ1v) is 10.4. The summed E-state index contributed by atoms with van der Waals surface area (Å²) in [6.45, 7) is 4.89. The van der Waals surface area contributed by atoms with Crippen molar-refractivity contribution < 1.29 is 14.0 Å². The SMILES string of the molecule is CCCCCNC(=O)C(c1ccccc1)N(Cc1ccc(F)cc1)C(=O)CCC. The Morgan fingerprint density at radius 2 is 1.66 bits per heavy atom. The molecule has 0 saturated carbocycles. The lowest BCUT2D eigenvalue weighted by molar-refractivity contribution is -0.141. The number of benzene rings is 2. The minimum atomic E-state index is -0.720. The Kier molecular flexibility index (Phi) is 9.35. The average Bonchev–Trinajstić information content (AvgIpc) is 2.73. The third-order valence-corrected chi connectivity index (χ3v) is 4.81. The van der Waals surface area contributed by atoms with E-state index in [1.54, 1.807) is 17.0 Å². The van der Waals surface area contributed by atoms with Crippen molar-refractivity contribution in [3.63, 3.8) is 0 Å². The third kappa shape index (κ3) is 7.00. The second-order valence-electron chi connectivity index (χ2n) is 7.21. The fraction of sp³-hybridized carbons (Fsp3) is 0.417. The Hall–Kier alpha value is -2.69. The summed E-state index contributed by atoms with van der Waals surface area (Å²) < 4.78 is 13.3. The van der Waals surface area contributed by atoms with Gasteiger partial charge in [0.15, 0.2) is 0 Å². The van der Waals surface area contributed by atoms with E-state index in [1.165, 1.54) is 12.1 Å². The smallest absolute Gasteiger partial charge is 0.247 e. The highest BCUT2D eigenvalue weighted by atomic mass is 19.1. The van der Waals surface area contributed by atoms with Crippen LogP contribution >= 0.6 is 0 Å². The summed E-state index contributed by atoms with van der Waals surface area (Å²) in [7, 11) is 0. The van der Waals surface area contributed by atoms with E-state index in [0.29, 0.717) is 19.4 Å². The molecule has 2 amide bonds. The van der Waals surface area contributed by atoms with Crippen molar-refractivity contribution in [2.75, 3.05) is 6.54 Å². The molecule has 29 heavy (non-hydrogen) atoms. The van der Waals surface area contributed by atoms with Gasteiger partial charge in [0.2, 0.25) is 11.8 Å². The number of hydrogen-bond donors (Lipinski definition) is 1. The molecule has 0 saturated heterocycles. The molecule has 0 aliphatic carbocycles. The van der Waals surface area contributed by atoms with Crippen molar-refractivity contribution in [1.82, 2.24) is 10.2 Å². The van der Waals surface area contributed by atoms with Crippen LogP contribution in [0.5, 0.6) is 0 Å². The number of carbonyl (C=O) groups is 2. The predicted octanol–water partition coefficient (Wildman–Crippen LogP) is 5.00. The number of halogens is 1. The summed E-state index contributed by atoms with van der Waals surface area (Å²) in [5.74, 6) is -0.596. The monoisotopic (exact) mass is 398 g/mol. The predicted molar refractivity (Wildman–Crippen MR) is 114 cm³/mol. The van der Waals surface area contributed by atoms with Crippen LogP contribution in [-0.4, -0.2) is 23.3 Å². The van der Waals surface area contributed by atoms with Crippen LogP contribution in [0.2, 0.25) is 0 Å². The summed E-state index contributed by atoms with van der Waals surface area (Å²) in [5.41, 5.74) is 1.56. The van der Waals surface area contributed by atoms with Crippen molar-refractivity contribution in [1.29, 1.82) is 0 Å². The number of amides is 2. The Balaban J connectivity index is 2.32. The molecule has 1 N–H and O–H groups in total. The Morgan fingerprint density at radius 1 is 0.966 bits per heavy atom. The normalized spacial score (nSPS) is 11.7. The van der Waals surface area contributed by atoms with E-state index in [4.69, 9.17) is 0 Å². The first kappa shape index (κ1) is 22.6. The van der Waals surface area contributed by atoms with Gasteiger partial charge in [-0.3, -0.25) is 9.59 Å². The van der Waals surface area contributed by atoms with Crippen LogP contribution in [0.4, 0.5) is 4.39 Å². The van der Waals surface area contributed by atoms with Crippen molar-refractivity contribution in [2.45, 2.75) is 58.5 Å². The van der Waals surface area contributed by atoms with E-state index >= 15 is 0 Å². The van der Waals surface area contributed by atoms with Gasteiger partial charge in [0.1, 0.15) is 11.9 Å². The van der Waals surface area contributed by atoms with Crippen LogP contribution in [0.25, 0.3) is 0 Å². The number of nitrogens with zero attached hydrogens (tertiary/aromatic N) is 1. The standard InChI is InChI=1S/C24H31FN2O2/c1-3-5-9-17-26-24(29)23(20-11-7-6-8-12-20)27(22(28)10-4-2)18-19-13-15-21(25)16-14-19/h6-8,11-16,23H,3-5,9-10,17-18H2,1-2H3,(H,26,29). The summed E-state index contributed by atoms with van der Waals surface area (Å²) in [5, 5.41) is 3.00. The minimum Gasteiger partial charge on any atom is -0.354 e. The van der Waals surface area contributed by atoms with Crippen molar-refractivity contribution in [2.24, 2.45) is 0 Å². The average molecular weight is 399 g/mol. The van der Waals surface area contributed by atoms with Gasteiger partial charge in [0, 0.05) is 19.5 Å². The zero-order valence-electron chi connectivity index (χ0n) is 17.4. The van der Waals surface area contributed by atoms with Crippen LogP contribution in [0.3, 0.4) is 0 Å². The molecule has 0 aliphatic heterocycles. The molecule has 0 aromatic heterocycles. The minimum absolute atomic E-state index is 0.0885. The lowest BCUT2D eigenvalue weighted by Crippen LogP contribution is -2.43. The molecule has 0 spiro atoms. The van der Waals surface area contributed by atoms with E-state index in [0.717, 1.165) is 30.4 Å². The molecular weight excluding hydrogens is 367 g/mol. The third-order valence-electron chi connectivity index (χ3n) is 4.81.